The normalized spacial score (nSPS) is 11.6. The predicted octanol–water partition coefficient (Wildman–Crippen LogP) is 5.55. The highest BCUT2D eigenvalue weighted by atomic mass is 14.7. The minimum absolute atomic E-state index is 0.866. The molecule has 0 aromatic heterocycles. The van der Waals surface area contributed by atoms with Gasteiger partial charge in [0.05, 0.1) is 6.54 Å². The van der Waals surface area contributed by atoms with Gasteiger partial charge < -0.3 is 0 Å². The molecule has 0 aromatic rings. The molecule has 1 heteroatoms. The topological polar surface area (TPSA) is 12.4 Å². The van der Waals surface area contributed by atoms with Gasteiger partial charge in [-0.05, 0) is 33.6 Å². The third-order valence-electron chi connectivity index (χ3n) is 3.00. The number of rotatable bonds is 10. The molecule has 0 aromatic carbocycles. The first-order chi connectivity index (χ1) is 8.16. The van der Waals surface area contributed by atoms with Crippen LogP contribution in [-0.2, 0) is 0 Å². The second-order valence-corrected chi connectivity index (χ2v) is 5.23. The van der Waals surface area contributed by atoms with Crippen LogP contribution in [0.1, 0.15) is 79.1 Å². The fraction of sp³-hybridized carbons (Fsp3) is 0.812. The summed E-state index contributed by atoms with van der Waals surface area (Å²) in [7, 11) is 0. The van der Waals surface area contributed by atoms with E-state index in [1.807, 2.05) is 0 Å². The van der Waals surface area contributed by atoms with Gasteiger partial charge in [0.1, 0.15) is 0 Å². The van der Waals surface area contributed by atoms with Crippen molar-refractivity contribution in [1.82, 2.24) is 0 Å². The number of allylic oxidation sites excluding steroid dienone is 1. The molecule has 100 valence electrons. The van der Waals surface area contributed by atoms with Crippen LogP contribution in [0.2, 0.25) is 0 Å². The molecule has 0 aliphatic carbocycles. The molecule has 0 fully saturated rings. The largest absolute Gasteiger partial charge is 0.290 e. The Labute approximate surface area is 108 Å². The molecule has 0 radical (unpaired) electrons. The number of nitrogens with zero attached hydrogens (tertiary/aromatic N) is 1. The molecule has 0 spiro atoms. The van der Waals surface area contributed by atoms with Gasteiger partial charge in [0.15, 0.2) is 0 Å². The zero-order chi connectivity index (χ0) is 12.9. The van der Waals surface area contributed by atoms with E-state index in [-0.39, 0.29) is 0 Å². The molecule has 0 heterocycles. The van der Waals surface area contributed by atoms with Crippen molar-refractivity contribution in [3.63, 3.8) is 0 Å². The van der Waals surface area contributed by atoms with E-state index in [1.165, 1.54) is 62.7 Å². The second-order valence-electron chi connectivity index (χ2n) is 5.23. The maximum atomic E-state index is 4.55. The molecule has 0 saturated heterocycles. The number of hydrogen-bond acceptors (Lipinski definition) is 1. The molecule has 0 N–H and O–H groups in total. The first-order valence-electron chi connectivity index (χ1n) is 7.30. The van der Waals surface area contributed by atoms with Crippen LogP contribution in [0.15, 0.2) is 16.6 Å². The van der Waals surface area contributed by atoms with Gasteiger partial charge in [-0.2, -0.15) is 0 Å². The zero-order valence-corrected chi connectivity index (χ0v) is 12.4. The Balaban J connectivity index is 3.38. The van der Waals surface area contributed by atoms with E-state index in [1.54, 1.807) is 0 Å². The molecule has 0 rings (SSSR count). The molecule has 17 heavy (non-hydrogen) atoms. The molecule has 1 nitrogen and oxygen atoms in total. The summed E-state index contributed by atoms with van der Waals surface area (Å²) in [6, 6.07) is 0. The smallest absolute Gasteiger partial charge is 0.0571 e. The van der Waals surface area contributed by atoms with Crippen LogP contribution < -0.4 is 0 Å². The van der Waals surface area contributed by atoms with E-state index in [0.29, 0.717) is 0 Å². The average molecular weight is 237 g/mol. The monoisotopic (exact) mass is 237 g/mol. The van der Waals surface area contributed by atoms with Crippen LogP contribution in [0, 0.1) is 0 Å². The number of aliphatic imine (C=N–C) groups is 1. The molecule has 0 bridgehead atoms. The Hall–Kier alpha value is -0.590. The molecule has 0 atom stereocenters. The third-order valence-corrected chi connectivity index (χ3v) is 3.00. The quantitative estimate of drug-likeness (QED) is 0.268. The Morgan fingerprint density at radius 3 is 2.06 bits per heavy atom. The average Bonchev–Trinajstić information content (AvgIpc) is 2.27. The summed E-state index contributed by atoms with van der Waals surface area (Å²) >= 11 is 0. The van der Waals surface area contributed by atoms with Gasteiger partial charge in [0.2, 0.25) is 0 Å². The molecule has 0 saturated carbocycles. The van der Waals surface area contributed by atoms with Gasteiger partial charge in [-0.1, -0.05) is 57.1 Å². The van der Waals surface area contributed by atoms with Gasteiger partial charge in [-0.3, -0.25) is 4.99 Å². The van der Waals surface area contributed by atoms with Crippen LogP contribution >= 0.6 is 0 Å². The van der Waals surface area contributed by atoms with Crippen molar-refractivity contribution in [2.45, 2.75) is 79.1 Å². The highest BCUT2D eigenvalue weighted by Gasteiger charge is 1.93. The van der Waals surface area contributed by atoms with E-state index in [9.17, 15) is 0 Å². The van der Waals surface area contributed by atoms with E-state index in [2.05, 4.69) is 38.8 Å². The lowest BCUT2D eigenvalue weighted by Crippen LogP contribution is -1.93. The summed E-state index contributed by atoms with van der Waals surface area (Å²) < 4.78 is 0. The van der Waals surface area contributed by atoms with Crippen LogP contribution in [-0.4, -0.2) is 12.3 Å². The van der Waals surface area contributed by atoms with Gasteiger partial charge in [0, 0.05) is 5.71 Å². The second kappa shape index (κ2) is 11.9. The fourth-order valence-electron chi connectivity index (χ4n) is 1.80. The fourth-order valence-corrected chi connectivity index (χ4v) is 1.80. The van der Waals surface area contributed by atoms with Gasteiger partial charge >= 0.3 is 0 Å². The van der Waals surface area contributed by atoms with E-state index in [0.717, 1.165) is 6.54 Å². The first-order valence-corrected chi connectivity index (χ1v) is 7.30. The number of unbranched alkanes of at least 4 members (excludes halogenated alkanes) is 6. The molecular weight excluding hydrogens is 206 g/mol. The summed E-state index contributed by atoms with van der Waals surface area (Å²) in [5.74, 6) is 0. The predicted molar refractivity (Wildman–Crippen MR) is 80.0 cm³/mol. The maximum Gasteiger partial charge on any atom is 0.0571 e. The van der Waals surface area contributed by atoms with Crippen molar-refractivity contribution in [1.29, 1.82) is 0 Å². The van der Waals surface area contributed by atoms with Crippen LogP contribution in [0.4, 0.5) is 0 Å². The lowest BCUT2D eigenvalue weighted by molar-refractivity contribution is 0.595. The molecular formula is C16H31N. The van der Waals surface area contributed by atoms with E-state index in [4.69, 9.17) is 0 Å². The Morgan fingerprint density at radius 1 is 0.882 bits per heavy atom. The highest BCUT2D eigenvalue weighted by Crippen LogP contribution is 2.08. The molecule has 0 amide bonds. The summed E-state index contributed by atoms with van der Waals surface area (Å²) in [4.78, 5) is 4.55. The van der Waals surface area contributed by atoms with Gasteiger partial charge in [0.25, 0.3) is 0 Å². The summed E-state index contributed by atoms with van der Waals surface area (Å²) in [5.41, 5.74) is 2.67. The third kappa shape index (κ3) is 13.3. The van der Waals surface area contributed by atoms with Crippen molar-refractivity contribution in [2.24, 2.45) is 4.99 Å². The molecule has 0 aliphatic heterocycles. The lowest BCUT2D eigenvalue weighted by Gasteiger charge is -2.01. The maximum absolute atomic E-state index is 4.55. The van der Waals surface area contributed by atoms with Crippen molar-refractivity contribution in [3.05, 3.63) is 11.6 Å². The minimum atomic E-state index is 0.866. The summed E-state index contributed by atoms with van der Waals surface area (Å²) in [6.07, 6.45) is 13.1. The van der Waals surface area contributed by atoms with Crippen LogP contribution in [0.5, 0.6) is 0 Å². The first kappa shape index (κ1) is 16.4. The summed E-state index contributed by atoms with van der Waals surface area (Å²) in [5, 5.41) is 0. The lowest BCUT2D eigenvalue weighted by atomic mass is 10.1. The van der Waals surface area contributed by atoms with Crippen molar-refractivity contribution in [3.8, 4) is 0 Å². The Kier molecular flexibility index (Phi) is 11.5. The summed E-state index contributed by atoms with van der Waals surface area (Å²) in [6.45, 7) is 9.55. The van der Waals surface area contributed by atoms with Gasteiger partial charge in [-0.15, -0.1) is 0 Å². The van der Waals surface area contributed by atoms with Gasteiger partial charge in [-0.25, -0.2) is 0 Å². The Bertz CT molecular complexity index is 222. The van der Waals surface area contributed by atoms with Crippen molar-refractivity contribution < 1.29 is 0 Å². The molecule has 0 aliphatic rings. The standard InChI is InChI=1S/C16H31N/c1-5-6-7-8-9-10-11-12-16(4)17-14-13-15(2)3/h13H,5-12,14H2,1-4H3. The molecule has 0 unspecified atom stereocenters. The highest BCUT2D eigenvalue weighted by molar-refractivity contribution is 5.81. The SMILES string of the molecule is CCCCCCCCCC(C)=NCC=C(C)C. The Morgan fingerprint density at radius 2 is 1.47 bits per heavy atom. The zero-order valence-electron chi connectivity index (χ0n) is 12.4. The van der Waals surface area contributed by atoms with Crippen LogP contribution in [0.3, 0.4) is 0 Å². The van der Waals surface area contributed by atoms with E-state index >= 15 is 0 Å². The van der Waals surface area contributed by atoms with Crippen molar-refractivity contribution in [2.75, 3.05) is 6.54 Å². The van der Waals surface area contributed by atoms with Crippen molar-refractivity contribution >= 4 is 5.71 Å². The number of hydrogen-bond donors (Lipinski definition) is 0. The minimum Gasteiger partial charge on any atom is -0.290 e. The van der Waals surface area contributed by atoms with E-state index < -0.39 is 0 Å². The van der Waals surface area contributed by atoms with Crippen LogP contribution in [0.25, 0.3) is 0 Å².